The van der Waals surface area contributed by atoms with Gasteiger partial charge in [-0.15, -0.1) is 0 Å². The number of aliphatic hydroxyl groups excluding tert-OH is 1. The molecule has 0 unspecified atom stereocenters. The summed E-state index contributed by atoms with van der Waals surface area (Å²) >= 11 is 6.67. The molecule has 0 aliphatic heterocycles. The molecule has 2 nitrogen and oxygen atoms in total. The Labute approximate surface area is 134 Å². The van der Waals surface area contributed by atoms with Gasteiger partial charge >= 0.3 is 0 Å². The number of aliphatic hydroxyl groups is 1. The molecule has 2 rings (SSSR count). The zero-order valence-corrected chi connectivity index (χ0v) is 13.7. The van der Waals surface area contributed by atoms with Crippen LogP contribution in [-0.2, 0) is 11.2 Å². The maximum atomic E-state index is 11.9. The average Bonchev–Trinajstić information content (AvgIpc) is 2.42. The molecule has 0 aliphatic rings. The third kappa shape index (κ3) is 4.32. The van der Waals surface area contributed by atoms with E-state index >= 15 is 0 Å². The van der Waals surface area contributed by atoms with Crippen LogP contribution in [0.1, 0.15) is 11.1 Å². The quantitative estimate of drug-likeness (QED) is 0.589. The van der Waals surface area contributed by atoms with Gasteiger partial charge in [0.25, 0.3) is 0 Å². The molecule has 0 heterocycles. The minimum atomic E-state index is -0.132. The molecule has 0 bridgehead atoms. The Balaban J connectivity index is 2.07. The molecule has 2 aromatic rings. The lowest BCUT2D eigenvalue weighted by atomic mass is 10.1. The van der Waals surface area contributed by atoms with E-state index in [1.807, 2.05) is 36.4 Å². The van der Waals surface area contributed by atoms with Gasteiger partial charge in [-0.25, -0.2) is 0 Å². The van der Waals surface area contributed by atoms with E-state index in [-0.39, 0.29) is 18.0 Å². The molecule has 0 amide bonds. The highest BCUT2D eigenvalue weighted by atomic mass is 79.9. The van der Waals surface area contributed by atoms with Gasteiger partial charge in [0.1, 0.15) is 5.76 Å². The smallest absolute Gasteiger partial charge is 0.163 e. The normalized spacial score (nSPS) is 11.4. The van der Waals surface area contributed by atoms with Crippen molar-refractivity contribution in [2.45, 2.75) is 6.42 Å². The average molecular weight is 396 g/mol. The second-order valence-electron chi connectivity index (χ2n) is 4.31. The van der Waals surface area contributed by atoms with Gasteiger partial charge in [-0.1, -0.05) is 56.1 Å². The molecule has 0 saturated heterocycles. The minimum Gasteiger partial charge on any atom is -0.507 e. The summed E-state index contributed by atoms with van der Waals surface area (Å²) in [5.74, 6) is -0.146. The Bertz CT molecular complexity index is 629. The van der Waals surface area contributed by atoms with Gasteiger partial charge in [-0.05, 0) is 29.8 Å². The summed E-state index contributed by atoms with van der Waals surface area (Å²) in [6, 6.07) is 14.7. The Morgan fingerprint density at radius 1 is 0.950 bits per heavy atom. The number of carbonyl (C=O) groups excluding carboxylic acids is 1. The van der Waals surface area contributed by atoms with Gasteiger partial charge in [0.15, 0.2) is 5.78 Å². The van der Waals surface area contributed by atoms with Gasteiger partial charge in [-0.2, -0.15) is 0 Å². The van der Waals surface area contributed by atoms with Crippen molar-refractivity contribution in [2.75, 3.05) is 0 Å². The van der Waals surface area contributed by atoms with Crippen molar-refractivity contribution in [3.63, 3.8) is 0 Å². The molecule has 1 N–H and O–H groups in total. The number of hydrogen-bond donors (Lipinski definition) is 1. The lowest BCUT2D eigenvalue weighted by Gasteiger charge is -2.01. The van der Waals surface area contributed by atoms with Crippen LogP contribution in [0.5, 0.6) is 0 Å². The fourth-order valence-electron chi connectivity index (χ4n) is 1.71. The molecule has 0 atom stereocenters. The van der Waals surface area contributed by atoms with E-state index in [2.05, 4.69) is 31.9 Å². The van der Waals surface area contributed by atoms with Crippen molar-refractivity contribution in [3.8, 4) is 0 Å². The van der Waals surface area contributed by atoms with Crippen molar-refractivity contribution in [2.24, 2.45) is 0 Å². The Kier molecular flexibility index (Phi) is 5.15. The zero-order valence-electron chi connectivity index (χ0n) is 10.5. The molecule has 20 heavy (non-hydrogen) atoms. The van der Waals surface area contributed by atoms with Crippen LogP contribution in [0.4, 0.5) is 0 Å². The van der Waals surface area contributed by atoms with Crippen molar-refractivity contribution >= 4 is 43.4 Å². The first-order valence-electron chi connectivity index (χ1n) is 5.98. The SMILES string of the molecule is O=C(/C=C(/O)c1ccc(Br)cc1)Cc1ccc(Br)cc1. The highest BCUT2D eigenvalue weighted by molar-refractivity contribution is 9.10. The first-order chi connectivity index (χ1) is 9.54. The maximum absolute atomic E-state index is 11.9. The minimum absolute atomic E-state index is 0.0142. The van der Waals surface area contributed by atoms with Gasteiger partial charge in [0, 0.05) is 27.0 Å². The molecule has 0 fully saturated rings. The van der Waals surface area contributed by atoms with Crippen LogP contribution in [0.25, 0.3) is 5.76 Å². The molecule has 4 heteroatoms. The third-order valence-electron chi connectivity index (χ3n) is 2.73. The standard InChI is InChI=1S/C16H12Br2O2/c17-13-5-1-11(2-6-13)9-15(19)10-16(20)12-3-7-14(18)8-4-12/h1-8,10,20H,9H2/b16-10+. The molecule has 0 aliphatic carbocycles. The second-order valence-corrected chi connectivity index (χ2v) is 6.14. The monoisotopic (exact) mass is 394 g/mol. The number of allylic oxidation sites excluding steroid dienone is 1. The third-order valence-corrected chi connectivity index (χ3v) is 3.79. The lowest BCUT2D eigenvalue weighted by Crippen LogP contribution is -2.00. The van der Waals surface area contributed by atoms with E-state index in [1.54, 1.807) is 12.1 Å². The summed E-state index contributed by atoms with van der Waals surface area (Å²) < 4.78 is 1.90. The number of benzene rings is 2. The Morgan fingerprint density at radius 3 is 2.00 bits per heavy atom. The Hall–Kier alpha value is -1.39. The van der Waals surface area contributed by atoms with Crippen LogP contribution >= 0.6 is 31.9 Å². The van der Waals surface area contributed by atoms with Crippen LogP contribution < -0.4 is 0 Å². The van der Waals surface area contributed by atoms with Crippen LogP contribution in [0.15, 0.2) is 63.6 Å². The zero-order chi connectivity index (χ0) is 14.5. The number of carbonyl (C=O) groups is 1. The highest BCUT2D eigenvalue weighted by Gasteiger charge is 2.05. The van der Waals surface area contributed by atoms with Gasteiger partial charge in [0.05, 0.1) is 0 Å². The summed E-state index contributed by atoms with van der Waals surface area (Å²) in [6.07, 6.45) is 1.54. The number of halogens is 2. The van der Waals surface area contributed by atoms with Crippen molar-refractivity contribution < 1.29 is 9.90 Å². The molecule has 0 spiro atoms. The van der Waals surface area contributed by atoms with E-state index in [9.17, 15) is 9.90 Å². The van der Waals surface area contributed by atoms with Gasteiger partial charge < -0.3 is 5.11 Å². The second kappa shape index (κ2) is 6.86. The predicted octanol–water partition coefficient (Wildman–Crippen LogP) is 4.92. The van der Waals surface area contributed by atoms with E-state index in [0.717, 1.165) is 14.5 Å². The molecular formula is C16H12Br2O2. The van der Waals surface area contributed by atoms with Crippen LogP contribution in [0, 0.1) is 0 Å². The van der Waals surface area contributed by atoms with E-state index in [0.29, 0.717) is 5.56 Å². The van der Waals surface area contributed by atoms with E-state index < -0.39 is 0 Å². The van der Waals surface area contributed by atoms with Crippen molar-refractivity contribution in [3.05, 3.63) is 74.7 Å². The summed E-state index contributed by atoms with van der Waals surface area (Å²) in [4.78, 5) is 11.9. The maximum Gasteiger partial charge on any atom is 0.163 e. The molecule has 2 aromatic carbocycles. The fraction of sp³-hybridized carbons (Fsp3) is 0.0625. The first kappa shape index (κ1) is 15.0. The highest BCUT2D eigenvalue weighted by Crippen LogP contribution is 2.16. The largest absolute Gasteiger partial charge is 0.507 e. The number of rotatable bonds is 4. The summed E-state index contributed by atoms with van der Waals surface area (Å²) in [5, 5.41) is 9.92. The molecule has 0 saturated carbocycles. The predicted molar refractivity (Wildman–Crippen MR) is 87.6 cm³/mol. The fourth-order valence-corrected chi connectivity index (χ4v) is 2.24. The van der Waals surface area contributed by atoms with Gasteiger partial charge in [-0.3, -0.25) is 4.79 Å². The van der Waals surface area contributed by atoms with Crippen LogP contribution in [0.3, 0.4) is 0 Å². The van der Waals surface area contributed by atoms with E-state index in [4.69, 9.17) is 0 Å². The van der Waals surface area contributed by atoms with E-state index in [1.165, 1.54) is 6.08 Å². The van der Waals surface area contributed by atoms with Crippen LogP contribution in [0.2, 0.25) is 0 Å². The molecule has 0 aromatic heterocycles. The van der Waals surface area contributed by atoms with Crippen molar-refractivity contribution in [1.82, 2.24) is 0 Å². The first-order valence-corrected chi connectivity index (χ1v) is 7.57. The summed E-state index contributed by atoms with van der Waals surface area (Å²) in [6.45, 7) is 0. The van der Waals surface area contributed by atoms with Crippen molar-refractivity contribution in [1.29, 1.82) is 0 Å². The van der Waals surface area contributed by atoms with Gasteiger partial charge in [0.2, 0.25) is 0 Å². The topological polar surface area (TPSA) is 37.3 Å². The number of ketones is 1. The van der Waals surface area contributed by atoms with Crippen LogP contribution in [-0.4, -0.2) is 10.9 Å². The molecule has 0 radical (unpaired) electrons. The lowest BCUT2D eigenvalue weighted by molar-refractivity contribution is -0.114. The Morgan fingerprint density at radius 2 is 1.45 bits per heavy atom. The number of hydrogen-bond acceptors (Lipinski definition) is 2. The summed E-state index contributed by atoms with van der Waals surface area (Å²) in [5.41, 5.74) is 1.54. The molecule has 102 valence electrons. The molecular weight excluding hydrogens is 384 g/mol. The summed E-state index contributed by atoms with van der Waals surface area (Å²) in [7, 11) is 0.